The largest absolute Gasteiger partial charge is 0.304 e. The van der Waals surface area contributed by atoms with Gasteiger partial charge in [0.15, 0.2) is 0 Å². The number of pyridine rings is 2. The van der Waals surface area contributed by atoms with E-state index in [1.807, 2.05) is 36.7 Å². The maximum Gasteiger partial charge on any atom is 0.0544 e. The van der Waals surface area contributed by atoms with Crippen molar-refractivity contribution in [2.24, 2.45) is 0 Å². The molecule has 130 valence electrons. The Labute approximate surface area is 151 Å². The lowest BCUT2D eigenvalue weighted by Crippen LogP contribution is -2.38. The van der Waals surface area contributed by atoms with Gasteiger partial charge in [0.2, 0.25) is 0 Å². The molecular formula is C19H28N4S. The van der Waals surface area contributed by atoms with Gasteiger partial charge in [0.05, 0.1) is 11.4 Å². The SMILES string of the molecule is CN(CCN(Cc1ccccn1)Cc1ccccn1)CC(C)(C)S. The molecule has 0 amide bonds. The molecule has 2 aromatic heterocycles. The Morgan fingerprint density at radius 3 is 1.88 bits per heavy atom. The summed E-state index contributed by atoms with van der Waals surface area (Å²) >= 11 is 4.62. The fourth-order valence-corrected chi connectivity index (χ4v) is 2.95. The van der Waals surface area contributed by atoms with Crippen LogP contribution in [-0.2, 0) is 13.1 Å². The van der Waals surface area contributed by atoms with E-state index in [4.69, 9.17) is 0 Å². The molecule has 0 unspecified atom stereocenters. The zero-order chi connectivity index (χ0) is 17.4. The van der Waals surface area contributed by atoms with Crippen LogP contribution < -0.4 is 0 Å². The van der Waals surface area contributed by atoms with E-state index in [2.05, 4.69) is 65.4 Å². The van der Waals surface area contributed by atoms with Crippen LogP contribution in [0.15, 0.2) is 48.8 Å². The molecule has 2 aromatic rings. The topological polar surface area (TPSA) is 32.3 Å². The fraction of sp³-hybridized carbons (Fsp3) is 0.474. The Morgan fingerprint density at radius 2 is 1.46 bits per heavy atom. The number of aromatic nitrogens is 2. The van der Waals surface area contributed by atoms with Gasteiger partial charge in [-0.05, 0) is 45.2 Å². The Kier molecular flexibility index (Phi) is 7.21. The van der Waals surface area contributed by atoms with Gasteiger partial charge in [0.1, 0.15) is 0 Å². The molecule has 0 atom stereocenters. The van der Waals surface area contributed by atoms with E-state index in [0.717, 1.165) is 44.1 Å². The Balaban J connectivity index is 1.97. The zero-order valence-electron chi connectivity index (χ0n) is 14.9. The van der Waals surface area contributed by atoms with Crippen molar-refractivity contribution in [1.82, 2.24) is 19.8 Å². The van der Waals surface area contributed by atoms with Crippen molar-refractivity contribution in [3.63, 3.8) is 0 Å². The summed E-state index contributed by atoms with van der Waals surface area (Å²) in [5, 5.41) is 0. The molecule has 0 saturated heterocycles. The molecule has 2 heterocycles. The minimum absolute atomic E-state index is 0.0154. The average Bonchev–Trinajstić information content (AvgIpc) is 2.53. The quantitative estimate of drug-likeness (QED) is 0.709. The minimum Gasteiger partial charge on any atom is -0.304 e. The van der Waals surface area contributed by atoms with Crippen molar-refractivity contribution in [3.8, 4) is 0 Å². The first-order valence-corrected chi connectivity index (χ1v) is 8.80. The highest BCUT2D eigenvalue weighted by Crippen LogP contribution is 2.13. The molecule has 0 aliphatic rings. The van der Waals surface area contributed by atoms with Gasteiger partial charge in [-0.1, -0.05) is 12.1 Å². The third kappa shape index (κ3) is 7.43. The third-order valence-corrected chi connectivity index (χ3v) is 3.82. The predicted molar refractivity (Wildman–Crippen MR) is 103 cm³/mol. The number of likely N-dealkylation sites (N-methyl/N-ethyl adjacent to an activating group) is 1. The van der Waals surface area contributed by atoms with Gasteiger partial charge in [-0.15, -0.1) is 0 Å². The van der Waals surface area contributed by atoms with Crippen molar-refractivity contribution in [1.29, 1.82) is 0 Å². The van der Waals surface area contributed by atoms with Gasteiger partial charge in [-0.2, -0.15) is 12.6 Å². The molecule has 0 radical (unpaired) electrons. The molecular weight excluding hydrogens is 316 g/mol. The van der Waals surface area contributed by atoms with E-state index >= 15 is 0 Å². The van der Waals surface area contributed by atoms with Crippen LogP contribution in [0, 0.1) is 0 Å². The minimum atomic E-state index is 0.0154. The molecule has 0 bridgehead atoms. The van der Waals surface area contributed by atoms with Gasteiger partial charge in [-0.3, -0.25) is 14.9 Å². The summed E-state index contributed by atoms with van der Waals surface area (Å²) in [6.45, 7) is 8.86. The summed E-state index contributed by atoms with van der Waals surface area (Å²) in [6, 6.07) is 12.1. The Morgan fingerprint density at radius 1 is 0.917 bits per heavy atom. The Hall–Kier alpha value is -1.43. The summed E-state index contributed by atoms with van der Waals surface area (Å²) in [6.07, 6.45) is 3.70. The fourth-order valence-electron chi connectivity index (χ4n) is 2.71. The van der Waals surface area contributed by atoms with Crippen molar-refractivity contribution in [2.45, 2.75) is 31.7 Å². The number of thiol groups is 1. The van der Waals surface area contributed by atoms with Crippen LogP contribution in [0.1, 0.15) is 25.2 Å². The van der Waals surface area contributed by atoms with E-state index in [9.17, 15) is 0 Å². The smallest absolute Gasteiger partial charge is 0.0544 e. The molecule has 0 saturated carbocycles. The zero-order valence-corrected chi connectivity index (χ0v) is 15.8. The van der Waals surface area contributed by atoms with E-state index in [1.54, 1.807) is 0 Å². The standard InChI is InChI=1S/C19H28N4S/c1-19(2,24)16-22(3)12-13-23(14-17-8-4-6-10-20-17)15-18-9-5-7-11-21-18/h4-11,24H,12-16H2,1-3H3. The lowest BCUT2D eigenvalue weighted by molar-refractivity contribution is 0.203. The average molecular weight is 345 g/mol. The van der Waals surface area contributed by atoms with Crippen LogP contribution in [0.3, 0.4) is 0 Å². The number of rotatable bonds is 9. The number of hydrogen-bond donors (Lipinski definition) is 1. The van der Waals surface area contributed by atoms with Gasteiger partial charge in [0, 0.05) is 49.9 Å². The van der Waals surface area contributed by atoms with E-state index < -0.39 is 0 Å². The Bertz CT molecular complexity index is 542. The lowest BCUT2D eigenvalue weighted by Gasteiger charge is -2.29. The first-order chi connectivity index (χ1) is 11.4. The highest BCUT2D eigenvalue weighted by molar-refractivity contribution is 7.81. The van der Waals surface area contributed by atoms with Crippen LogP contribution >= 0.6 is 12.6 Å². The summed E-state index contributed by atoms with van der Waals surface area (Å²) < 4.78 is 0.0154. The maximum absolute atomic E-state index is 4.62. The number of hydrogen-bond acceptors (Lipinski definition) is 5. The monoisotopic (exact) mass is 344 g/mol. The molecule has 0 spiro atoms. The lowest BCUT2D eigenvalue weighted by atomic mass is 10.2. The van der Waals surface area contributed by atoms with Gasteiger partial charge >= 0.3 is 0 Å². The second kappa shape index (κ2) is 9.16. The van der Waals surface area contributed by atoms with Crippen molar-refractivity contribution in [2.75, 3.05) is 26.7 Å². The summed E-state index contributed by atoms with van der Waals surface area (Å²) in [5.41, 5.74) is 2.18. The first-order valence-electron chi connectivity index (χ1n) is 8.35. The molecule has 0 fully saturated rings. The summed E-state index contributed by atoms with van der Waals surface area (Å²) in [4.78, 5) is 13.6. The van der Waals surface area contributed by atoms with Crippen LogP contribution in [-0.4, -0.2) is 51.2 Å². The van der Waals surface area contributed by atoms with Gasteiger partial charge < -0.3 is 4.90 Å². The van der Waals surface area contributed by atoms with E-state index in [0.29, 0.717) is 0 Å². The first kappa shape index (κ1) is 18.9. The van der Waals surface area contributed by atoms with E-state index in [1.165, 1.54) is 0 Å². The predicted octanol–water partition coefficient (Wildman–Crippen LogP) is 3.12. The summed E-state index contributed by atoms with van der Waals surface area (Å²) in [5.74, 6) is 0. The molecule has 2 rings (SSSR count). The van der Waals surface area contributed by atoms with Crippen LogP contribution in [0.2, 0.25) is 0 Å². The third-order valence-electron chi connectivity index (χ3n) is 3.68. The van der Waals surface area contributed by atoms with Crippen LogP contribution in [0.5, 0.6) is 0 Å². The summed E-state index contributed by atoms with van der Waals surface area (Å²) in [7, 11) is 2.15. The highest BCUT2D eigenvalue weighted by Gasteiger charge is 2.16. The van der Waals surface area contributed by atoms with Gasteiger partial charge in [0.25, 0.3) is 0 Å². The maximum atomic E-state index is 4.62. The normalized spacial score (nSPS) is 12.1. The van der Waals surface area contributed by atoms with Gasteiger partial charge in [-0.25, -0.2) is 0 Å². The molecule has 5 heteroatoms. The van der Waals surface area contributed by atoms with Crippen LogP contribution in [0.4, 0.5) is 0 Å². The molecule has 0 aromatic carbocycles. The van der Waals surface area contributed by atoms with Crippen LogP contribution in [0.25, 0.3) is 0 Å². The molecule has 0 aliphatic carbocycles. The molecule has 4 nitrogen and oxygen atoms in total. The van der Waals surface area contributed by atoms with E-state index in [-0.39, 0.29) is 4.75 Å². The number of nitrogens with zero attached hydrogens (tertiary/aromatic N) is 4. The molecule has 24 heavy (non-hydrogen) atoms. The second-order valence-corrected chi connectivity index (χ2v) is 8.11. The van der Waals surface area contributed by atoms with Crippen molar-refractivity contribution in [3.05, 3.63) is 60.2 Å². The van der Waals surface area contributed by atoms with Crippen molar-refractivity contribution < 1.29 is 0 Å². The second-order valence-electron chi connectivity index (χ2n) is 6.90. The van der Waals surface area contributed by atoms with Crippen molar-refractivity contribution >= 4 is 12.6 Å². The molecule has 0 aliphatic heterocycles. The highest BCUT2D eigenvalue weighted by atomic mass is 32.1. The molecule has 0 N–H and O–H groups in total.